The average molecular weight is 380 g/mol. The van der Waals surface area contributed by atoms with Gasteiger partial charge in [-0.1, -0.05) is 6.07 Å². The van der Waals surface area contributed by atoms with Gasteiger partial charge in [-0.15, -0.1) is 11.3 Å². The minimum absolute atomic E-state index is 0.112. The Morgan fingerprint density at radius 3 is 2.52 bits per heavy atom. The van der Waals surface area contributed by atoms with Crippen LogP contribution in [-0.4, -0.2) is 12.2 Å². The Balaban J connectivity index is 2.27. The number of rotatable bonds is 4. The van der Waals surface area contributed by atoms with Gasteiger partial charge in [0, 0.05) is 27.5 Å². The van der Waals surface area contributed by atoms with Crippen molar-refractivity contribution in [1.29, 1.82) is 0 Å². The van der Waals surface area contributed by atoms with Crippen LogP contribution in [0.1, 0.15) is 16.0 Å². The molecule has 0 saturated heterocycles. The topological polar surface area (TPSA) is 23.5 Å². The smallest absolute Gasteiger partial charge is 0.392 e. The van der Waals surface area contributed by atoms with E-state index in [1.807, 2.05) is 11.4 Å². The SMILES string of the molecule is CN(Cc1cc(Br)cs1)c1ccc(CO)c(C(F)(F)F)c1. The highest BCUT2D eigenvalue weighted by molar-refractivity contribution is 9.10. The van der Waals surface area contributed by atoms with Crippen LogP contribution < -0.4 is 4.90 Å². The number of hydrogen-bond acceptors (Lipinski definition) is 3. The minimum atomic E-state index is -4.47. The van der Waals surface area contributed by atoms with Gasteiger partial charge in [0.15, 0.2) is 0 Å². The molecule has 2 rings (SSSR count). The molecule has 7 heteroatoms. The zero-order valence-corrected chi connectivity index (χ0v) is 13.5. The van der Waals surface area contributed by atoms with Crippen LogP contribution in [-0.2, 0) is 19.3 Å². The van der Waals surface area contributed by atoms with E-state index in [9.17, 15) is 13.2 Å². The number of nitrogens with zero attached hydrogens (tertiary/aromatic N) is 1. The van der Waals surface area contributed by atoms with E-state index in [-0.39, 0.29) is 5.56 Å². The summed E-state index contributed by atoms with van der Waals surface area (Å²) in [5.41, 5.74) is -0.440. The van der Waals surface area contributed by atoms with Gasteiger partial charge < -0.3 is 10.0 Å². The van der Waals surface area contributed by atoms with Gasteiger partial charge >= 0.3 is 6.18 Å². The van der Waals surface area contributed by atoms with Gasteiger partial charge in [-0.3, -0.25) is 0 Å². The summed E-state index contributed by atoms with van der Waals surface area (Å²) < 4.78 is 39.9. The van der Waals surface area contributed by atoms with Crippen LogP contribution in [0.4, 0.5) is 18.9 Å². The molecule has 114 valence electrons. The Kier molecular flexibility index (Phi) is 4.95. The Hall–Kier alpha value is -1.05. The maximum Gasteiger partial charge on any atom is 0.416 e. The number of alkyl halides is 3. The monoisotopic (exact) mass is 379 g/mol. The summed E-state index contributed by atoms with van der Waals surface area (Å²) in [5, 5.41) is 11.0. The molecule has 1 heterocycles. The summed E-state index contributed by atoms with van der Waals surface area (Å²) in [6, 6.07) is 5.92. The second-order valence-corrected chi connectivity index (χ2v) is 6.50. The van der Waals surface area contributed by atoms with Crippen molar-refractivity contribution >= 4 is 33.0 Å². The number of anilines is 1. The number of hydrogen-bond donors (Lipinski definition) is 1. The maximum atomic E-state index is 13.0. The van der Waals surface area contributed by atoms with Gasteiger partial charge in [-0.2, -0.15) is 13.2 Å². The molecule has 0 spiro atoms. The summed E-state index contributed by atoms with van der Waals surface area (Å²) >= 11 is 4.89. The van der Waals surface area contributed by atoms with Crippen molar-refractivity contribution in [2.75, 3.05) is 11.9 Å². The van der Waals surface area contributed by atoms with E-state index in [0.717, 1.165) is 15.4 Å². The van der Waals surface area contributed by atoms with Gasteiger partial charge in [0.25, 0.3) is 0 Å². The van der Waals surface area contributed by atoms with Gasteiger partial charge in [0.1, 0.15) is 0 Å². The molecule has 1 aromatic heterocycles. The molecule has 0 amide bonds. The van der Waals surface area contributed by atoms with Crippen molar-refractivity contribution in [2.24, 2.45) is 0 Å². The highest BCUT2D eigenvalue weighted by Crippen LogP contribution is 2.35. The molecule has 0 atom stereocenters. The van der Waals surface area contributed by atoms with Crippen LogP contribution in [0.25, 0.3) is 0 Å². The lowest BCUT2D eigenvalue weighted by molar-refractivity contribution is -0.138. The Bertz CT molecular complexity index is 627. The third-order valence-corrected chi connectivity index (χ3v) is 4.71. The molecular weight excluding hydrogens is 367 g/mol. The fourth-order valence-corrected chi connectivity index (χ4v) is 3.47. The summed E-state index contributed by atoms with van der Waals surface area (Å²) in [7, 11) is 1.74. The van der Waals surface area contributed by atoms with Crippen molar-refractivity contribution in [1.82, 2.24) is 0 Å². The van der Waals surface area contributed by atoms with Crippen LogP contribution in [0, 0.1) is 0 Å². The Labute approximate surface area is 133 Å². The van der Waals surface area contributed by atoms with E-state index in [2.05, 4.69) is 15.9 Å². The molecule has 1 aromatic carbocycles. The van der Waals surface area contributed by atoms with Crippen molar-refractivity contribution in [2.45, 2.75) is 19.3 Å². The van der Waals surface area contributed by atoms with Gasteiger partial charge in [0.2, 0.25) is 0 Å². The van der Waals surface area contributed by atoms with Gasteiger partial charge in [-0.25, -0.2) is 0 Å². The van der Waals surface area contributed by atoms with Crippen molar-refractivity contribution in [3.8, 4) is 0 Å². The van der Waals surface area contributed by atoms with Crippen molar-refractivity contribution < 1.29 is 18.3 Å². The summed E-state index contributed by atoms with van der Waals surface area (Å²) in [4.78, 5) is 2.79. The highest BCUT2D eigenvalue weighted by Gasteiger charge is 2.33. The number of aliphatic hydroxyl groups excluding tert-OH is 1. The summed E-state index contributed by atoms with van der Waals surface area (Å²) in [6.45, 7) is -0.108. The first-order valence-electron chi connectivity index (χ1n) is 6.06. The first kappa shape index (κ1) is 16.3. The largest absolute Gasteiger partial charge is 0.416 e. The van der Waals surface area contributed by atoms with Crippen LogP contribution >= 0.6 is 27.3 Å². The van der Waals surface area contributed by atoms with Gasteiger partial charge in [0.05, 0.1) is 18.7 Å². The molecule has 1 N–H and O–H groups in total. The molecule has 2 aromatic rings. The molecular formula is C14H13BrF3NOS. The average Bonchev–Trinajstić information content (AvgIpc) is 2.82. The predicted molar refractivity (Wildman–Crippen MR) is 81.5 cm³/mol. The lowest BCUT2D eigenvalue weighted by atomic mass is 10.1. The molecule has 0 saturated carbocycles. The summed E-state index contributed by atoms with van der Waals surface area (Å²) in [6.07, 6.45) is -4.47. The minimum Gasteiger partial charge on any atom is -0.392 e. The lowest BCUT2D eigenvalue weighted by Gasteiger charge is -2.21. The quantitative estimate of drug-likeness (QED) is 0.834. The van der Waals surface area contributed by atoms with E-state index < -0.39 is 18.3 Å². The lowest BCUT2D eigenvalue weighted by Crippen LogP contribution is -2.17. The van der Waals surface area contributed by atoms with E-state index >= 15 is 0 Å². The Morgan fingerprint density at radius 1 is 1.29 bits per heavy atom. The fraction of sp³-hybridized carbons (Fsp3) is 0.286. The second-order valence-electron chi connectivity index (χ2n) is 4.58. The number of halogens is 4. The van der Waals surface area contributed by atoms with Gasteiger partial charge in [-0.05, 0) is 39.7 Å². The van der Waals surface area contributed by atoms with E-state index in [1.54, 1.807) is 18.0 Å². The molecule has 0 bridgehead atoms. The molecule has 0 aliphatic carbocycles. The third kappa shape index (κ3) is 3.99. The predicted octanol–water partition coefficient (Wildman–Crippen LogP) is 4.66. The molecule has 2 nitrogen and oxygen atoms in total. The highest BCUT2D eigenvalue weighted by atomic mass is 79.9. The number of thiophene rings is 1. The van der Waals surface area contributed by atoms with Crippen molar-refractivity contribution in [3.05, 3.63) is 50.1 Å². The molecule has 0 aliphatic heterocycles. The Morgan fingerprint density at radius 2 is 2.00 bits per heavy atom. The van der Waals surface area contributed by atoms with Crippen molar-refractivity contribution in [3.63, 3.8) is 0 Å². The number of aliphatic hydroxyl groups is 1. The fourth-order valence-electron chi connectivity index (χ4n) is 1.97. The summed E-state index contributed by atoms with van der Waals surface area (Å²) in [5.74, 6) is 0. The molecule has 0 radical (unpaired) electrons. The number of benzene rings is 1. The van der Waals surface area contributed by atoms with E-state index in [4.69, 9.17) is 5.11 Å². The van der Waals surface area contributed by atoms with Crippen LogP contribution in [0.5, 0.6) is 0 Å². The third-order valence-electron chi connectivity index (χ3n) is 3.02. The molecule has 0 fully saturated rings. The van der Waals surface area contributed by atoms with Crippen LogP contribution in [0.3, 0.4) is 0 Å². The second kappa shape index (κ2) is 6.37. The van der Waals surface area contributed by atoms with Crippen LogP contribution in [0.15, 0.2) is 34.1 Å². The first-order valence-corrected chi connectivity index (χ1v) is 7.73. The van der Waals surface area contributed by atoms with E-state index in [1.165, 1.54) is 17.4 Å². The molecule has 0 aliphatic rings. The molecule has 21 heavy (non-hydrogen) atoms. The first-order chi connectivity index (χ1) is 9.81. The zero-order chi connectivity index (χ0) is 15.6. The maximum absolute atomic E-state index is 13.0. The van der Waals surface area contributed by atoms with Crippen LogP contribution in [0.2, 0.25) is 0 Å². The molecule has 0 unspecified atom stereocenters. The van der Waals surface area contributed by atoms with E-state index in [0.29, 0.717) is 12.2 Å². The normalized spacial score (nSPS) is 11.7. The zero-order valence-electron chi connectivity index (χ0n) is 11.1. The standard InChI is InChI=1S/C14H13BrF3NOS/c1-19(6-12-4-10(15)8-21-12)11-3-2-9(7-20)13(5-11)14(16,17)18/h2-5,8,20H,6-7H2,1H3.